The summed E-state index contributed by atoms with van der Waals surface area (Å²) >= 11 is 0. The molecule has 5 aromatic rings. The van der Waals surface area contributed by atoms with Crippen molar-refractivity contribution in [1.82, 2.24) is 30.0 Å². The monoisotopic (exact) mass is 669 g/mol. The predicted octanol–water partition coefficient (Wildman–Crippen LogP) is 4.20. The van der Waals surface area contributed by atoms with E-state index in [0.717, 1.165) is 70.7 Å². The smallest absolute Gasteiger partial charge is 0.326 e. The van der Waals surface area contributed by atoms with Crippen LogP contribution in [0.1, 0.15) is 38.7 Å². The highest BCUT2D eigenvalue weighted by Gasteiger charge is 2.51. The average Bonchev–Trinajstić information content (AvgIpc) is 3.85. The van der Waals surface area contributed by atoms with E-state index in [4.69, 9.17) is 4.74 Å². The van der Waals surface area contributed by atoms with Gasteiger partial charge in [0.15, 0.2) is 5.82 Å². The van der Waals surface area contributed by atoms with E-state index in [0.29, 0.717) is 37.9 Å². The summed E-state index contributed by atoms with van der Waals surface area (Å²) in [6, 6.07) is 20.0. The number of aromatic amines is 1. The number of nitrogens with zero attached hydrogens (tertiary/aromatic N) is 6. The number of likely N-dealkylation sites (tertiary alicyclic amines) is 1. The summed E-state index contributed by atoms with van der Waals surface area (Å²) in [6.45, 7) is 7.79. The molecule has 3 aliphatic rings. The van der Waals surface area contributed by atoms with E-state index in [1.165, 1.54) is 11.1 Å². The molecule has 3 aromatic heterocycles. The number of hydrogen-bond donors (Lipinski definition) is 2. The number of fused-ring (bicyclic) bond motifs is 1. The average molecular weight is 670 g/mol. The standard InChI is InChI=1S/C39H40N8O3/c1-26(2)50-34-11-8-30(23-42-34)36-32-22-31(9-10-33(32)43-44-36)47-21-15-39(38(47)49)14-20-45(25-39)24-35(48)46-18-12-28(13-19-46)27-4-6-29(7-5-27)37-40-16-3-17-41-37/h3-12,16-17,22-23,26H,13-15,18-21,24-25H2,1-2H3,(H,43,44)/p+1. The number of nitrogens with one attached hydrogen (secondary N) is 2. The Bertz CT molecular complexity index is 2060. The van der Waals surface area contributed by atoms with E-state index < -0.39 is 5.41 Å². The van der Waals surface area contributed by atoms with Crippen LogP contribution in [0.4, 0.5) is 5.69 Å². The number of hydrogen-bond acceptors (Lipinski definition) is 8. The highest BCUT2D eigenvalue weighted by atomic mass is 16.5. The predicted molar refractivity (Wildman–Crippen MR) is 191 cm³/mol. The number of ether oxygens (including phenoxy) is 1. The molecule has 254 valence electrons. The van der Waals surface area contributed by atoms with Crippen LogP contribution in [-0.4, -0.2) is 87.2 Å². The number of carbonyl (C=O) groups excluding carboxylic acids is 2. The van der Waals surface area contributed by atoms with Crippen LogP contribution in [0.2, 0.25) is 0 Å². The lowest BCUT2D eigenvalue weighted by molar-refractivity contribution is -0.814. The highest BCUT2D eigenvalue weighted by molar-refractivity contribution is 6.03. The minimum atomic E-state index is -0.452. The van der Waals surface area contributed by atoms with E-state index in [2.05, 4.69) is 60.4 Å². The Morgan fingerprint density at radius 3 is 2.50 bits per heavy atom. The van der Waals surface area contributed by atoms with Gasteiger partial charge >= 0.3 is 5.91 Å². The molecule has 2 fully saturated rings. The number of aromatic nitrogens is 5. The first kappa shape index (κ1) is 32.0. The maximum Gasteiger partial charge on any atom is 0.326 e. The van der Waals surface area contributed by atoms with Crippen LogP contribution in [0.25, 0.3) is 39.1 Å². The van der Waals surface area contributed by atoms with Gasteiger partial charge in [0, 0.05) is 66.4 Å². The van der Waals surface area contributed by atoms with E-state index in [9.17, 15) is 9.59 Å². The third kappa shape index (κ3) is 6.18. The van der Waals surface area contributed by atoms with Crippen molar-refractivity contribution in [2.75, 3.05) is 44.2 Å². The van der Waals surface area contributed by atoms with Crippen LogP contribution in [0.3, 0.4) is 0 Å². The van der Waals surface area contributed by atoms with E-state index in [1.54, 1.807) is 18.6 Å². The van der Waals surface area contributed by atoms with Crippen LogP contribution in [0, 0.1) is 5.41 Å². The molecule has 3 aliphatic heterocycles. The maximum atomic E-state index is 14.0. The summed E-state index contributed by atoms with van der Waals surface area (Å²) in [5, 5.41) is 8.62. The second kappa shape index (κ2) is 13.2. The van der Waals surface area contributed by atoms with Crippen molar-refractivity contribution in [2.45, 2.75) is 39.2 Å². The number of carbonyl (C=O) groups is 2. The molecule has 0 aliphatic carbocycles. The topological polar surface area (TPSA) is 122 Å². The molecule has 2 unspecified atom stereocenters. The number of benzene rings is 2. The van der Waals surface area contributed by atoms with Crippen molar-refractivity contribution in [3.63, 3.8) is 0 Å². The molecule has 11 nitrogen and oxygen atoms in total. The number of quaternary nitrogens is 1. The molecule has 2 atom stereocenters. The van der Waals surface area contributed by atoms with Gasteiger partial charge in [-0.1, -0.05) is 24.3 Å². The van der Waals surface area contributed by atoms with Crippen LogP contribution in [0.15, 0.2) is 85.3 Å². The fourth-order valence-corrected chi connectivity index (χ4v) is 7.61. The van der Waals surface area contributed by atoms with Crippen LogP contribution in [0.5, 0.6) is 5.88 Å². The Kier molecular flexibility index (Phi) is 8.45. The van der Waals surface area contributed by atoms with Crippen LogP contribution in [-0.2, 0) is 9.59 Å². The number of rotatable bonds is 8. The highest BCUT2D eigenvalue weighted by Crippen LogP contribution is 2.43. The molecule has 2 aromatic carbocycles. The summed E-state index contributed by atoms with van der Waals surface area (Å²) < 4.78 is 5.70. The maximum absolute atomic E-state index is 14.0. The lowest BCUT2D eigenvalue weighted by atomic mass is 9.85. The summed E-state index contributed by atoms with van der Waals surface area (Å²) in [5.41, 5.74) is 6.41. The number of amides is 2. The zero-order valence-corrected chi connectivity index (χ0v) is 28.4. The number of pyridine rings is 1. The first-order valence-corrected chi connectivity index (χ1v) is 17.5. The van der Waals surface area contributed by atoms with Crippen molar-refractivity contribution in [3.05, 3.63) is 90.9 Å². The van der Waals surface area contributed by atoms with E-state index in [1.807, 2.05) is 55.1 Å². The zero-order chi connectivity index (χ0) is 34.2. The van der Waals surface area contributed by atoms with E-state index in [-0.39, 0.29) is 17.9 Å². The van der Waals surface area contributed by atoms with E-state index >= 15 is 0 Å². The van der Waals surface area contributed by atoms with Gasteiger partial charge in [0.1, 0.15) is 18.8 Å². The minimum Gasteiger partial charge on any atom is -0.475 e. The molecule has 2 N–H and O–H groups in total. The van der Waals surface area contributed by atoms with Gasteiger partial charge < -0.3 is 9.64 Å². The summed E-state index contributed by atoms with van der Waals surface area (Å²) in [5.74, 6) is 1.64. The van der Waals surface area contributed by atoms with Gasteiger partial charge in [0.05, 0.1) is 23.6 Å². The molecule has 0 bridgehead atoms. The summed E-state index contributed by atoms with van der Waals surface area (Å²) in [6.07, 6.45) is 9.91. The third-order valence-corrected chi connectivity index (χ3v) is 10.3. The second-order valence-electron chi connectivity index (χ2n) is 13.9. The van der Waals surface area contributed by atoms with Gasteiger partial charge in [-0.15, -0.1) is 0 Å². The number of H-pyrrole nitrogens is 1. The molecular weight excluding hydrogens is 628 g/mol. The molecule has 0 radical (unpaired) electrons. The van der Waals surface area contributed by atoms with Gasteiger partial charge in [-0.3, -0.25) is 19.7 Å². The second-order valence-corrected chi connectivity index (χ2v) is 13.9. The van der Waals surface area contributed by atoms with Gasteiger partial charge in [0.2, 0.25) is 11.8 Å². The Balaban J connectivity index is 0.889. The Morgan fingerprint density at radius 2 is 1.76 bits per heavy atom. The van der Waals surface area contributed by atoms with Gasteiger partial charge in [-0.25, -0.2) is 19.7 Å². The van der Waals surface area contributed by atoms with Crippen LogP contribution < -0.4 is 14.5 Å². The molecule has 11 heteroatoms. The molecule has 0 saturated carbocycles. The Hall–Kier alpha value is -5.26. The molecular formula is C39H41N8O3+. The van der Waals surface area contributed by atoms with Crippen LogP contribution >= 0.6 is 0 Å². The zero-order valence-electron chi connectivity index (χ0n) is 28.4. The van der Waals surface area contributed by atoms with Crippen molar-refractivity contribution in [1.29, 1.82) is 0 Å². The molecule has 2 amide bonds. The minimum absolute atomic E-state index is 0.0464. The Morgan fingerprint density at radius 1 is 0.980 bits per heavy atom. The lowest BCUT2D eigenvalue weighted by Gasteiger charge is -2.25. The SMILES string of the molecule is CC(C)Oc1ccc(-c2n[nH]c3ccc(N4CCC5(CCN(CC(=O)[NH+]6CC=C(c7ccc(-c8ncccn8)cc7)CC6)C5)C4=O)cc23)cn1. The normalized spacial score (nSPS) is 21.0. The molecule has 8 rings (SSSR count). The van der Waals surface area contributed by atoms with Crippen molar-refractivity contribution in [2.24, 2.45) is 5.41 Å². The van der Waals surface area contributed by atoms with Gasteiger partial charge in [-0.05, 0) is 80.8 Å². The quantitative estimate of drug-likeness (QED) is 0.252. The molecule has 2 saturated heterocycles. The summed E-state index contributed by atoms with van der Waals surface area (Å²) in [4.78, 5) is 45.7. The van der Waals surface area contributed by atoms with Crippen molar-refractivity contribution in [3.8, 4) is 28.5 Å². The summed E-state index contributed by atoms with van der Waals surface area (Å²) in [7, 11) is 0. The fourth-order valence-electron chi connectivity index (χ4n) is 7.61. The van der Waals surface area contributed by atoms with Gasteiger partial charge in [0.25, 0.3) is 0 Å². The van der Waals surface area contributed by atoms with Crippen molar-refractivity contribution < 1.29 is 19.2 Å². The molecule has 50 heavy (non-hydrogen) atoms. The molecule has 1 spiro atoms. The van der Waals surface area contributed by atoms with Gasteiger partial charge in [-0.2, -0.15) is 5.10 Å². The molecule has 6 heterocycles. The number of anilines is 1. The third-order valence-electron chi connectivity index (χ3n) is 10.3. The Labute approximate surface area is 291 Å². The fraction of sp³-hybridized carbons (Fsp3) is 0.333. The first-order valence-electron chi connectivity index (χ1n) is 17.5. The lowest BCUT2D eigenvalue weighted by Crippen LogP contribution is -3.15. The largest absolute Gasteiger partial charge is 0.475 e. The van der Waals surface area contributed by atoms with Crippen molar-refractivity contribution >= 4 is 34.0 Å². The first-order chi connectivity index (χ1) is 24.3.